The van der Waals surface area contributed by atoms with Crippen LogP contribution in [-0.2, 0) is 14.8 Å². The first kappa shape index (κ1) is 20.0. The van der Waals surface area contributed by atoms with Crippen LogP contribution in [-0.4, -0.2) is 61.2 Å². The molecule has 144 valence electrons. The van der Waals surface area contributed by atoms with E-state index in [2.05, 4.69) is 10.3 Å². The van der Waals surface area contributed by atoms with Crippen molar-refractivity contribution in [3.63, 3.8) is 0 Å². The van der Waals surface area contributed by atoms with Crippen molar-refractivity contribution in [2.75, 3.05) is 38.0 Å². The monoisotopic (exact) mass is 428 g/mol. The topological polar surface area (TPSA) is 82.6 Å². The zero-order chi connectivity index (χ0) is 19.4. The van der Waals surface area contributed by atoms with Gasteiger partial charge in [0.2, 0.25) is 15.9 Å². The van der Waals surface area contributed by atoms with E-state index in [-0.39, 0.29) is 17.3 Å². The van der Waals surface area contributed by atoms with E-state index in [1.54, 1.807) is 24.3 Å². The zero-order valence-electron chi connectivity index (χ0n) is 14.3. The molecule has 7 nitrogen and oxygen atoms in total. The van der Waals surface area contributed by atoms with Crippen molar-refractivity contribution >= 4 is 44.8 Å². The predicted octanol–water partition coefficient (Wildman–Crippen LogP) is 2.33. The highest BCUT2D eigenvalue weighted by Gasteiger charge is 2.29. The van der Waals surface area contributed by atoms with Gasteiger partial charge in [0.1, 0.15) is 4.90 Å². The lowest BCUT2D eigenvalue weighted by molar-refractivity contribution is -0.117. The number of amides is 1. The minimum atomic E-state index is -3.55. The van der Waals surface area contributed by atoms with Crippen molar-refractivity contribution in [2.24, 2.45) is 0 Å². The van der Waals surface area contributed by atoms with Crippen LogP contribution in [0.15, 0.2) is 47.6 Å². The fraction of sp³-hybridized carbons (Fsp3) is 0.294. The van der Waals surface area contributed by atoms with Gasteiger partial charge in [0.15, 0.2) is 0 Å². The Morgan fingerprint density at radius 3 is 2.48 bits per heavy atom. The summed E-state index contributed by atoms with van der Waals surface area (Å²) in [6, 6.07) is 7.99. The summed E-state index contributed by atoms with van der Waals surface area (Å²) in [5.74, 6) is -0.197. The number of sulfonamides is 1. The number of benzene rings is 1. The number of halogens is 2. The van der Waals surface area contributed by atoms with Crippen molar-refractivity contribution in [2.45, 2.75) is 4.90 Å². The summed E-state index contributed by atoms with van der Waals surface area (Å²) in [6.07, 6.45) is 2.87. The van der Waals surface area contributed by atoms with Gasteiger partial charge in [-0.05, 0) is 30.3 Å². The molecule has 2 heterocycles. The van der Waals surface area contributed by atoms with Crippen LogP contribution in [0.3, 0.4) is 0 Å². The molecule has 1 aromatic carbocycles. The summed E-state index contributed by atoms with van der Waals surface area (Å²) in [4.78, 5) is 18.2. The summed E-state index contributed by atoms with van der Waals surface area (Å²) in [5.41, 5.74) is 0.562. The molecular formula is C17H18Cl2N4O3S. The molecule has 1 aliphatic rings. The molecule has 1 saturated heterocycles. The second kappa shape index (κ2) is 8.53. The molecule has 1 fully saturated rings. The van der Waals surface area contributed by atoms with E-state index in [9.17, 15) is 13.2 Å². The third-order valence-corrected chi connectivity index (χ3v) is 6.80. The number of carbonyl (C=O) groups is 1. The van der Waals surface area contributed by atoms with Crippen LogP contribution in [0.1, 0.15) is 0 Å². The highest BCUT2D eigenvalue weighted by atomic mass is 35.5. The fourth-order valence-corrected chi connectivity index (χ4v) is 4.44. The van der Waals surface area contributed by atoms with Crippen LogP contribution in [0.4, 0.5) is 5.69 Å². The smallest absolute Gasteiger partial charge is 0.244 e. The first-order valence-corrected chi connectivity index (χ1v) is 10.4. The Morgan fingerprint density at radius 1 is 1.11 bits per heavy atom. The Bertz CT molecular complexity index is 917. The maximum atomic E-state index is 12.6. The quantitative estimate of drug-likeness (QED) is 0.789. The first-order valence-electron chi connectivity index (χ1n) is 8.24. The fourth-order valence-electron chi connectivity index (χ4n) is 2.75. The number of aromatic nitrogens is 1. The molecule has 1 amide bonds. The maximum Gasteiger partial charge on any atom is 0.244 e. The van der Waals surface area contributed by atoms with Crippen LogP contribution in [0.25, 0.3) is 0 Å². The van der Waals surface area contributed by atoms with Crippen LogP contribution in [0, 0.1) is 0 Å². The summed E-state index contributed by atoms with van der Waals surface area (Å²) in [6.45, 7) is 1.73. The van der Waals surface area contributed by atoms with E-state index < -0.39 is 10.0 Å². The molecule has 0 atom stereocenters. The van der Waals surface area contributed by atoms with Gasteiger partial charge in [-0.25, -0.2) is 8.42 Å². The van der Waals surface area contributed by atoms with E-state index in [0.29, 0.717) is 41.9 Å². The first-order chi connectivity index (χ1) is 12.9. The van der Waals surface area contributed by atoms with E-state index >= 15 is 0 Å². The Morgan fingerprint density at radius 2 is 1.85 bits per heavy atom. The van der Waals surface area contributed by atoms with Crippen LogP contribution >= 0.6 is 23.2 Å². The molecule has 0 radical (unpaired) electrons. The van der Waals surface area contributed by atoms with Crippen molar-refractivity contribution in [3.05, 3.63) is 52.8 Å². The lowest BCUT2D eigenvalue weighted by Crippen LogP contribution is -2.50. The molecule has 3 rings (SSSR count). The Hall–Kier alpha value is -1.71. The summed E-state index contributed by atoms with van der Waals surface area (Å²) in [7, 11) is -3.55. The summed E-state index contributed by atoms with van der Waals surface area (Å²) < 4.78 is 26.6. The Labute approximate surface area is 167 Å². The minimum Gasteiger partial charge on any atom is -0.325 e. The molecule has 1 N–H and O–H groups in total. The van der Waals surface area contributed by atoms with Gasteiger partial charge in [0.05, 0.1) is 16.6 Å². The van der Waals surface area contributed by atoms with E-state index in [0.717, 1.165) is 0 Å². The number of rotatable bonds is 5. The van der Waals surface area contributed by atoms with Gasteiger partial charge < -0.3 is 5.32 Å². The van der Waals surface area contributed by atoms with Gasteiger partial charge in [-0.2, -0.15) is 4.31 Å². The van der Waals surface area contributed by atoms with Crippen LogP contribution in [0.5, 0.6) is 0 Å². The van der Waals surface area contributed by atoms with Gasteiger partial charge in [-0.3, -0.25) is 14.7 Å². The minimum absolute atomic E-state index is 0.168. The van der Waals surface area contributed by atoms with Crippen LogP contribution < -0.4 is 5.32 Å². The van der Waals surface area contributed by atoms with E-state index in [1.807, 2.05) is 4.90 Å². The number of hydrogen-bond donors (Lipinski definition) is 1. The molecule has 0 spiro atoms. The van der Waals surface area contributed by atoms with Gasteiger partial charge in [-0.1, -0.05) is 23.2 Å². The molecule has 1 aliphatic heterocycles. The molecule has 0 aliphatic carbocycles. The SMILES string of the molecule is O=C(CN1CCN(S(=O)(=O)c2cccnc2)CC1)Nc1ccc(Cl)c(Cl)c1. The third-order valence-electron chi connectivity index (χ3n) is 4.17. The highest BCUT2D eigenvalue weighted by Crippen LogP contribution is 2.25. The number of carbonyl (C=O) groups excluding carboxylic acids is 1. The molecule has 0 bridgehead atoms. The van der Waals surface area contributed by atoms with Crippen molar-refractivity contribution in [1.82, 2.24) is 14.2 Å². The number of nitrogens with one attached hydrogen (secondary N) is 1. The maximum absolute atomic E-state index is 12.6. The van der Waals surface area contributed by atoms with Gasteiger partial charge in [-0.15, -0.1) is 0 Å². The number of anilines is 1. The normalized spacial score (nSPS) is 16.2. The second-order valence-electron chi connectivity index (χ2n) is 6.05. The van der Waals surface area contributed by atoms with Crippen LogP contribution in [0.2, 0.25) is 10.0 Å². The number of nitrogens with zero attached hydrogens (tertiary/aromatic N) is 3. The number of piperazine rings is 1. The standard InChI is InChI=1S/C17H18Cl2N4O3S/c18-15-4-3-13(10-16(15)19)21-17(24)12-22-6-8-23(9-7-22)27(25,26)14-2-1-5-20-11-14/h1-5,10-11H,6-9,12H2,(H,21,24). The van der Waals surface area contributed by atoms with E-state index in [1.165, 1.54) is 22.8 Å². The molecule has 2 aromatic rings. The number of pyridine rings is 1. The Kier molecular flexibility index (Phi) is 6.33. The molecule has 10 heteroatoms. The third kappa shape index (κ3) is 4.97. The molecule has 1 aromatic heterocycles. The molecular weight excluding hydrogens is 411 g/mol. The molecule has 0 unspecified atom stereocenters. The lowest BCUT2D eigenvalue weighted by Gasteiger charge is -2.33. The van der Waals surface area contributed by atoms with Crippen molar-refractivity contribution in [3.8, 4) is 0 Å². The second-order valence-corrected chi connectivity index (χ2v) is 8.80. The Balaban J connectivity index is 1.53. The summed E-state index contributed by atoms with van der Waals surface area (Å²) >= 11 is 11.8. The molecule has 0 saturated carbocycles. The molecule has 27 heavy (non-hydrogen) atoms. The van der Waals surface area contributed by atoms with Crippen molar-refractivity contribution in [1.29, 1.82) is 0 Å². The van der Waals surface area contributed by atoms with E-state index in [4.69, 9.17) is 23.2 Å². The average Bonchev–Trinajstić information content (AvgIpc) is 2.66. The average molecular weight is 429 g/mol. The summed E-state index contributed by atoms with van der Waals surface area (Å²) in [5, 5.41) is 3.54. The zero-order valence-corrected chi connectivity index (χ0v) is 16.6. The number of hydrogen-bond acceptors (Lipinski definition) is 5. The van der Waals surface area contributed by atoms with Crippen molar-refractivity contribution < 1.29 is 13.2 Å². The van der Waals surface area contributed by atoms with Gasteiger partial charge in [0.25, 0.3) is 0 Å². The highest BCUT2D eigenvalue weighted by molar-refractivity contribution is 7.89. The predicted molar refractivity (Wildman–Crippen MR) is 105 cm³/mol. The lowest BCUT2D eigenvalue weighted by atomic mass is 10.3. The largest absolute Gasteiger partial charge is 0.325 e. The van der Waals surface area contributed by atoms with Gasteiger partial charge >= 0.3 is 0 Å². The van der Waals surface area contributed by atoms with Gasteiger partial charge in [0, 0.05) is 44.3 Å².